The minimum Gasteiger partial charge on any atom is -0.394 e. The lowest BCUT2D eigenvalue weighted by atomic mass is 10.4. The van der Waals surface area contributed by atoms with Crippen LogP contribution in [-0.4, -0.2) is 29.0 Å². The predicted octanol–water partition coefficient (Wildman–Crippen LogP) is -0.125. The van der Waals surface area contributed by atoms with E-state index in [1.807, 2.05) is 0 Å². The van der Waals surface area contributed by atoms with Crippen molar-refractivity contribution in [3.63, 3.8) is 0 Å². The van der Waals surface area contributed by atoms with Crippen molar-refractivity contribution in [3.05, 3.63) is 0 Å². The molecule has 1 unspecified atom stereocenters. The van der Waals surface area contributed by atoms with E-state index in [4.69, 9.17) is 15.9 Å². The lowest BCUT2D eigenvalue weighted by molar-refractivity contribution is 0.203. The molecule has 7 N–H and O–H groups in total. The van der Waals surface area contributed by atoms with Gasteiger partial charge in [0.2, 0.25) is 0 Å². The second-order valence-corrected chi connectivity index (χ2v) is 2.18. The molecule has 4 nitrogen and oxygen atoms in total. The summed E-state index contributed by atoms with van der Waals surface area (Å²) in [7, 11) is 0. The summed E-state index contributed by atoms with van der Waals surface area (Å²) in [6.07, 6.45) is -0.505. The van der Waals surface area contributed by atoms with Gasteiger partial charge in [-0.2, -0.15) is 0 Å². The Morgan fingerprint density at radius 3 is 1.30 bits per heavy atom. The number of aliphatic hydroxyl groups excluding tert-OH is 2. The van der Waals surface area contributed by atoms with Gasteiger partial charge in [-0.1, -0.05) is 0 Å². The Balaban J connectivity index is -0.0000000910. The number of nitrogens with two attached hydrogens (primary N) is 1. The van der Waals surface area contributed by atoms with E-state index in [-0.39, 0.29) is 18.4 Å². The van der Waals surface area contributed by atoms with E-state index in [9.17, 15) is 0 Å². The van der Waals surface area contributed by atoms with Gasteiger partial charge < -0.3 is 22.1 Å². The quantitative estimate of drug-likeness (QED) is 0.420. The minimum atomic E-state index is -0.338. The molecule has 0 aliphatic carbocycles. The van der Waals surface area contributed by atoms with Crippen LogP contribution in [0, 0.1) is 0 Å². The lowest BCUT2D eigenvalue weighted by Crippen LogP contribution is -2.14. The molecular weight excluding hydrogens is 132 g/mol. The van der Waals surface area contributed by atoms with Gasteiger partial charge in [0.05, 0.1) is 6.10 Å². The molecule has 4 heteroatoms. The van der Waals surface area contributed by atoms with E-state index in [1.165, 1.54) is 0 Å². The van der Waals surface area contributed by atoms with Crippen LogP contribution < -0.4 is 11.9 Å². The summed E-state index contributed by atoms with van der Waals surface area (Å²) in [4.78, 5) is 0. The normalized spacial score (nSPS) is 11.1. The summed E-state index contributed by atoms with van der Waals surface area (Å²) in [6, 6.07) is 0. The second-order valence-electron chi connectivity index (χ2n) is 2.18. The van der Waals surface area contributed by atoms with Gasteiger partial charge in [0.15, 0.2) is 0 Å². The van der Waals surface area contributed by atoms with Crippen molar-refractivity contribution in [3.8, 4) is 0 Å². The Bertz CT molecular complexity index is 46.3. The summed E-state index contributed by atoms with van der Waals surface area (Å²) in [5, 5.41) is 16.3. The Labute approximate surface area is 62.6 Å². The van der Waals surface area contributed by atoms with E-state index < -0.39 is 0 Å². The Kier molecular flexibility index (Phi) is 19.1. The molecule has 0 fully saturated rings. The highest BCUT2D eigenvalue weighted by Crippen LogP contribution is 1.65. The monoisotopic (exact) mass is 152 g/mol. The molecule has 0 aromatic heterocycles. The smallest absolute Gasteiger partial charge is 0.0634 e. The molecular formula is C6H20N2O2. The van der Waals surface area contributed by atoms with Gasteiger partial charge in [0.1, 0.15) is 0 Å². The molecule has 0 bridgehead atoms. The van der Waals surface area contributed by atoms with Crippen LogP contribution in [0.15, 0.2) is 0 Å². The van der Waals surface area contributed by atoms with E-state index in [0.29, 0.717) is 6.54 Å². The third-order valence-corrected chi connectivity index (χ3v) is 0.341. The summed E-state index contributed by atoms with van der Waals surface area (Å²) in [6.45, 7) is 5.46. The highest BCUT2D eigenvalue weighted by atomic mass is 16.3. The van der Waals surface area contributed by atoms with Gasteiger partial charge in [-0.3, -0.25) is 0 Å². The average Bonchev–Trinajstić information content (AvgIpc) is 1.65. The van der Waals surface area contributed by atoms with Crippen molar-refractivity contribution in [2.24, 2.45) is 5.73 Å². The maximum absolute atomic E-state index is 8.24. The molecule has 0 aromatic rings. The molecule has 0 aliphatic rings. The van der Waals surface area contributed by atoms with Crippen molar-refractivity contribution in [1.82, 2.24) is 6.15 Å². The van der Waals surface area contributed by atoms with Crippen LogP contribution in [0.4, 0.5) is 0 Å². The summed E-state index contributed by atoms with van der Waals surface area (Å²) in [5.41, 5.74) is 4.92. The minimum absolute atomic E-state index is 0. The molecule has 0 aromatic carbocycles. The molecule has 0 heterocycles. The molecule has 0 aliphatic heterocycles. The molecule has 1 atom stereocenters. The molecule has 0 spiro atoms. The first-order valence-corrected chi connectivity index (χ1v) is 3.06. The molecule has 0 amide bonds. The van der Waals surface area contributed by atoms with Crippen LogP contribution in [0.2, 0.25) is 0 Å². The van der Waals surface area contributed by atoms with Crippen LogP contribution in [0.5, 0.6) is 0 Å². The second kappa shape index (κ2) is 11.6. The topological polar surface area (TPSA) is 101 Å². The van der Waals surface area contributed by atoms with Gasteiger partial charge in [0.25, 0.3) is 0 Å². The number of aliphatic hydroxyl groups is 2. The third-order valence-electron chi connectivity index (χ3n) is 0.341. The fourth-order valence-electron chi connectivity index (χ4n) is 0. The van der Waals surface area contributed by atoms with Crippen molar-refractivity contribution in [2.75, 3.05) is 6.54 Å². The predicted molar refractivity (Wildman–Crippen MR) is 43.1 cm³/mol. The molecule has 0 rings (SSSR count). The highest BCUT2D eigenvalue weighted by Gasteiger charge is 1.81. The van der Waals surface area contributed by atoms with E-state index in [2.05, 4.69) is 0 Å². The largest absolute Gasteiger partial charge is 0.394 e. The summed E-state index contributed by atoms with van der Waals surface area (Å²) < 4.78 is 0. The Hall–Kier alpha value is -0.160. The van der Waals surface area contributed by atoms with Crippen LogP contribution in [0.3, 0.4) is 0 Å². The first kappa shape index (κ1) is 16.4. The molecule has 0 radical (unpaired) electrons. The van der Waals surface area contributed by atoms with E-state index in [0.717, 1.165) is 0 Å². The maximum Gasteiger partial charge on any atom is 0.0634 e. The SMILES string of the molecule is CC(C)O.CC(O)CN.N. The van der Waals surface area contributed by atoms with Crippen LogP contribution in [0.25, 0.3) is 0 Å². The molecule has 10 heavy (non-hydrogen) atoms. The first-order valence-electron chi connectivity index (χ1n) is 3.06. The van der Waals surface area contributed by atoms with Crippen molar-refractivity contribution < 1.29 is 10.2 Å². The molecule has 0 saturated heterocycles. The van der Waals surface area contributed by atoms with E-state index in [1.54, 1.807) is 20.8 Å². The number of rotatable bonds is 1. The van der Waals surface area contributed by atoms with Crippen LogP contribution in [0.1, 0.15) is 20.8 Å². The molecule has 66 valence electrons. The Morgan fingerprint density at radius 2 is 1.30 bits per heavy atom. The average molecular weight is 152 g/mol. The van der Waals surface area contributed by atoms with Crippen molar-refractivity contribution in [2.45, 2.75) is 33.0 Å². The zero-order valence-electron chi connectivity index (χ0n) is 7.04. The molecule has 0 saturated carbocycles. The number of hydrogen-bond acceptors (Lipinski definition) is 4. The number of hydrogen-bond donors (Lipinski definition) is 4. The van der Waals surface area contributed by atoms with Gasteiger partial charge >= 0.3 is 0 Å². The van der Waals surface area contributed by atoms with E-state index >= 15 is 0 Å². The summed E-state index contributed by atoms with van der Waals surface area (Å²) >= 11 is 0. The van der Waals surface area contributed by atoms with Gasteiger partial charge in [-0.25, -0.2) is 0 Å². The third kappa shape index (κ3) is 108. The fourth-order valence-corrected chi connectivity index (χ4v) is 0. The first-order chi connectivity index (χ1) is 4.00. The summed E-state index contributed by atoms with van der Waals surface area (Å²) in [5.74, 6) is 0. The zero-order chi connectivity index (χ0) is 7.86. The zero-order valence-corrected chi connectivity index (χ0v) is 7.04. The lowest BCUT2D eigenvalue weighted by Gasteiger charge is -1.91. The maximum atomic E-state index is 8.24. The van der Waals surface area contributed by atoms with Crippen molar-refractivity contribution in [1.29, 1.82) is 0 Å². The van der Waals surface area contributed by atoms with Crippen LogP contribution >= 0.6 is 0 Å². The van der Waals surface area contributed by atoms with Gasteiger partial charge in [0, 0.05) is 12.6 Å². The Morgan fingerprint density at radius 1 is 1.20 bits per heavy atom. The van der Waals surface area contributed by atoms with Gasteiger partial charge in [-0.05, 0) is 20.8 Å². The van der Waals surface area contributed by atoms with Crippen molar-refractivity contribution >= 4 is 0 Å². The van der Waals surface area contributed by atoms with Crippen LogP contribution in [-0.2, 0) is 0 Å². The standard InChI is InChI=1S/C3H9NO.C3H8O.H3N/c1-3(5)2-4;1-3(2)4;/h3,5H,2,4H2,1H3;3-4H,1-2H3;1H3. The van der Waals surface area contributed by atoms with Gasteiger partial charge in [-0.15, -0.1) is 0 Å². The highest BCUT2D eigenvalue weighted by molar-refractivity contribution is 4.40. The fraction of sp³-hybridized carbons (Fsp3) is 1.00.